The van der Waals surface area contributed by atoms with Crippen LogP contribution in [0.1, 0.15) is 0 Å². The van der Waals surface area contributed by atoms with Crippen molar-refractivity contribution < 1.29 is 0 Å². The molecule has 0 amide bonds. The summed E-state index contributed by atoms with van der Waals surface area (Å²) in [5, 5.41) is 0. The van der Waals surface area contributed by atoms with E-state index >= 15 is 0 Å². The minimum Gasteiger partial charge on any atom is -0.183 e. The Kier molecular flexibility index (Phi) is 287. The summed E-state index contributed by atoms with van der Waals surface area (Å²) in [5.74, 6) is 0. The third kappa shape index (κ3) is 263. The Hall–Kier alpha value is 1.40. The van der Waals surface area contributed by atoms with Crippen LogP contribution in [0.5, 0.6) is 0 Å². The van der Waals surface area contributed by atoms with Gasteiger partial charge in [0.2, 0.25) is 0 Å². The molecule has 0 bridgehead atoms. The Balaban J connectivity index is -0.0000000190. The van der Waals surface area contributed by atoms with Gasteiger partial charge < -0.3 is 0 Å². The molecule has 0 aliphatic rings. The fourth-order valence-electron chi connectivity index (χ4n) is 0. The first-order chi connectivity index (χ1) is 4.41. The van der Waals surface area contributed by atoms with Crippen LogP contribution in [-0.4, -0.2) is 31.3 Å². The molecule has 0 aliphatic heterocycles. The van der Waals surface area contributed by atoms with E-state index in [0.29, 0.717) is 0 Å². The van der Waals surface area contributed by atoms with Crippen LogP contribution in [0.25, 0.3) is 0 Å². The quantitative estimate of drug-likeness (QED) is 0.512. The molecule has 62 valence electrons. The first-order valence-electron chi connectivity index (χ1n) is 2.16. The van der Waals surface area contributed by atoms with Crippen molar-refractivity contribution in [3.8, 4) is 0 Å². The monoisotopic (exact) mass is 206 g/mol. The van der Waals surface area contributed by atoms with Gasteiger partial charge in [0.05, 0.1) is 0 Å². The van der Waals surface area contributed by atoms with E-state index < -0.39 is 0 Å². The molecule has 0 radical (unpaired) electrons. The Labute approximate surface area is 80.8 Å². The predicted octanol–water partition coefficient (Wildman–Crippen LogP) is 2.62. The number of thiol groups is 3. The van der Waals surface area contributed by atoms with Crippen LogP contribution in [0.2, 0.25) is 0 Å². The highest BCUT2D eigenvalue weighted by Crippen LogP contribution is 1.70. The number of hydrogen-bond acceptors (Lipinski definition) is 4. The lowest BCUT2D eigenvalue weighted by atomic mass is 11.9. The summed E-state index contributed by atoms with van der Waals surface area (Å²) in [5.41, 5.74) is 0. The first kappa shape index (κ1) is 22.4. The molecule has 0 atom stereocenters. The molecule has 4 heteroatoms. The molecule has 0 aromatic heterocycles. The third-order valence-corrected chi connectivity index (χ3v) is 0. The first-order valence-corrected chi connectivity index (χ1v) is 6.47. The lowest BCUT2D eigenvalue weighted by Crippen LogP contribution is -1.25. The molecule has 0 nitrogen and oxygen atoms in total. The van der Waals surface area contributed by atoms with E-state index in [0.717, 1.165) is 0 Å². The summed E-state index contributed by atoms with van der Waals surface area (Å²) in [6, 6.07) is 0. The van der Waals surface area contributed by atoms with Crippen molar-refractivity contribution in [3.05, 3.63) is 0 Å². The molecule has 0 saturated heterocycles. The van der Waals surface area contributed by atoms with Crippen molar-refractivity contribution in [1.82, 2.24) is 0 Å². The van der Waals surface area contributed by atoms with Gasteiger partial charge in [-0.3, -0.25) is 0 Å². The molecule has 9 heavy (non-hydrogen) atoms. The SMILES string of the molecule is CS.CS.CS.CSC. The summed E-state index contributed by atoms with van der Waals surface area (Å²) in [7, 11) is 0. The summed E-state index contributed by atoms with van der Waals surface area (Å²) >= 11 is 12.3. The lowest BCUT2D eigenvalue weighted by molar-refractivity contribution is 2.37. The maximum Gasteiger partial charge on any atom is -0.0187 e. The average Bonchev–Trinajstić information content (AvgIpc) is 2.01. The summed E-state index contributed by atoms with van der Waals surface area (Å²) in [6.07, 6.45) is 9.17. The van der Waals surface area contributed by atoms with Gasteiger partial charge in [0, 0.05) is 0 Å². The lowest BCUT2D eigenvalue weighted by Gasteiger charge is -1.51. The highest BCUT2D eigenvalue weighted by atomic mass is 32.2. The average molecular weight is 206 g/mol. The molecular formula is C5H18S4. The molecule has 0 spiro atoms. The van der Waals surface area contributed by atoms with Crippen molar-refractivity contribution >= 4 is 49.6 Å². The number of thioether (sulfide) groups is 1. The van der Waals surface area contributed by atoms with Crippen LogP contribution in [0.4, 0.5) is 0 Å². The van der Waals surface area contributed by atoms with Gasteiger partial charge in [-0.1, -0.05) is 0 Å². The zero-order valence-corrected chi connectivity index (χ0v) is 10.2. The van der Waals surface area contributed by atoms with E-state index in [-0.39, 0.29) is 0 Å². The smallest absolute Gasteiger partial charge is 0.0187 e. The Morgan fingerprint density at radius 2 is 0.667 bits per heavy atom. The normalized spacial score (nSPS) is 4.00. The molecule has 0 rings (SSSR count). The third-order valence-electron chi connectivity index (χ3n) is 0. The standard InChI is InChI=1S/C2H6S.3CH4S/c1-3-2;3*1-2/h1-2H3;3*2H,1H3. The van der Waals surface area contributed by atoms with Crippen LogP contribution >= 0.6 is 49.6 Å². The molecule has 0 N–H and O–H groups in total. The molecule has 0 fully saturated rings. The van der Waals surface area contributed by atoms with Gasteiger partial charge in [0.1, 0.15) is 0 Å². The van der Waals surface area contributed by atoms with Gasteiger partial charge in [0.25, 0.3) is 0 Å². The molecule has 0 unspecified atom stereocenters. The van der Waals surface area contributed by atoms with E-state index in [9.17, 15) is 0 Å². The Morgan fingerprint density at radius 3 is 0.667 bits per heavy atom. The molecular weight excluding hydrogens is 188 g/mol. The number of rotatable bonds is 0. The fourth-order valence-corrected chi connectivity index (χ4v) is 0. The van der Waals surface area contributed by atoms with Gasteiger partial charge in [0.15, 0.2) is 0 Å². The second kappa shape index (κ2) is 115. The number of hydrogen-bond donors (Lipinski definition) is 3. The van der Waals surface area contributed by atoms with Crippen molar-refractivity contribution in [3.63, 3.8) is 0 Å². The van der Waals surface area contributed by atoms with E-state index in [1.807, 2.05) is 12.5 Å². The Morgan fingerprint density at radius 1 is 0.667 bits per heavy atom. The van der Waals surface area contributed by atoms with Gasteiger partial charge in [-0.2, -0.15) is 49.6 Å². The zero-order chi connectivity index (χ0) is 8.71. The molecule has 0 aliphatic carbocycles. The molecule has 0 heterocycles. The minimum absolute atomic E-state index is 1.69. The van der Waals surface area contributed by atoms with Gasteiger partial charge in [-0.05, 0) is 31.3 Å². The second-order valence-corrected chi connectivity index (χ2v) is 1.22. The van der Waals surface area contributed by atoms with Crippen LogP contribution in [0.15, 0.2) is 0 Å². The van der Waals surface area contributed by atoms with Gasteiger partial charge >= 0.3 is 0 Å². The van der Waals surface area contributed by atoms with Crippen molar-refractivity contribution in [2.45, 2.75) is 0 Å². The Bertz CT molecular complexity index is 8.92. The van der Waals surface area contributed by atoms with E-state index in [1.54, 1.807) is 30.5 Å². The van der Waals surface area contributed by atoms with E-state index in [2.05, 4.69) is 37.9 Å². The van der Waals surface area contributed by atoms with Gasteiger partial charge in [-0.15, -0.1) is 0 Å². The van der Waals surface area contributed by atoms with E-state index in [1.165, 1.54) is 0 Å². The van der Waals surface area contributed by atoms with Crippen LogP contribution in [0, 0.1) is 0 Å². The molecule has 0 aromatic rings. The summed E-state index contributed by atoms with van der Waals surface area (Å²) in [4.78, 5) is 0. The summed E-state index contributed by atoms with van der Waals surface area (Å²) < 4.78 is 0. The maximum atomic E-state index is 3.53. The van der Waals surface area contributed by atoms with Crippen LogP contribution in [0.3, 0.4) is 0 Å². The minimum atomic E-state index is 1.69. The van der Waals surface area contributed by atoms with Crippen LogP contribution < -0.4 is 0 Å². The van der Waals surface area contributed by atoms with Gasteiger partial charge in [-0.25, -0.2) is 0 Å². The van der Waals surface area contributed by atoms with Crippen molar-refractivity contribution in [2.24, 2.45) is 0 Å². The largest absolute Gasteiger partial charge is 0.183 e. The highest BCUT2D eigenvalue weighted by Gasteiger charge is 1.32. The maximum absolute atomic E-state index is 3.53. The van der Waals surface area contributed by atoms with Crippen molar-refractivity contribution in [1.29, 1.82) is 0 Å². The van der Waals surface area contributed by atoms with Crippen molar-refractivity contribution in [2.75, 3.05) is 31.3 Å². The fraction of sp³-hybridized carbons (Fsp3) is 1.00. The second-order valence-electron chi connectivity index (χ2n) is 0.408. The molecule has 0 saturated carbocycles. The molecule has 0 aromatic carbocycles. The van der Waals surface area contributed by atoms with Crippen LogP contribution in [-0.2, 0) is 0 Å². The topological polar surface area (TPSA) is 0 Å². The van der Waals surface area contributed by atoms with E-state index in [4.69, 9.17) is 0 Å². The summed E-state index contributed by atoms with van der Waals surface area (Å²) in [6.45, 7) is 0. The highest BCUT2D eigenvalue weighted by molar-refractivity contribution is 7.97. The zero-order valence-electron chi connectivity index (χ0n) is 6.75. The predicted molar refractivity (Wildman–Crippen MR) is 64.2 cm³/mol.